The van der Waals surface area contributed by atoms with Crippen molar-refractivity contribution in [3.8, 4) is 6.01 Å². The smallest absolute Gasteiger partial charge is 0.316 e. The van der Waals surface area contributed by atoms with Gasteiger partial charge in [-0.2, -0.15) is 4.98 Å². The van der Waals surface area contributed by atoms with Gasteiger partial charge in [-0.25, -0.2) is 4.98 Å². The molecule has 1 aliphatic rings. The van der Waals surface area contributed by atoms with E-state index in [0.29, 0.717) is 6.01 Å². The number of aromatic nitrogens is 2. The summed E-state index contributed by atoms with van der Waals surface area (Å²) >= 11 is 0. The number of hydrogen-bond donors (Lipinski definition) is 0. The normalized spacial score (nSPS) is 18.8. The second kappa shape index (κ2) is 4.98. The van der Waals surface area contributed by atoms with Gasteiger partial charge in [0.25, 0.3) is 0 Å². The Balaban J connectivity index is 1.91. The van der Waals surface area contributed by atoms with Crippen molar-refractivity contribution < 1.29 is 9.47 Å². The van der Waals surface area contributed by atoms with Crippen molar-refractivity contribution in [3.05, 3.63) is 18.0 Å². The van der Waals surface area contributed by atoms with E-state index < -0.39 is 0 Å². The highest BCUT2D eigenvalue weighted by Crippen LogP contribution is 2.28. The summed E-state index contributed by atoms with van der Waals surface area (Å²) < 4.78 is 10.5. The second-order valence-electron chi connectivity index (χ2n) is 4.42. The molecule has 0 radical (unpaired) electrons. The number of hydrogen-bond acceptors (Lipinski definition) is 5. The average molecular weight is 237 g/mol. The van der Waals surface area contributed by atoms with E-state index >= 15 is 0 Å². The molecule has 1 fully saturated rings. The Morgan fingerprint density at radius 3 is 2.76 bits per heavy atom. The molecule has 2 rings (SSSR count). The van der Waals surface area contributed by atoms with Crippen LogP contribution in [0.25, 0.3) is 0 Å². The molecule has 17 heavy (non-hydrogen) atoms. The van der Waals surface area contributed by atoms with Gasteiger partial charge in [0.2, 0.25) is 0 Å². The van der Waals surface area contributed by atoms with Gasteiger partial charge >= 0.3 is 6.01 Å². The van der Waals surface area contributed by atoms with Gasteiger partial charge in [0.15, 0.2) is 0 Å². The van der Waals surface area contributed by atoms with Crippen LogP contribution in [0.15, 0.2) is 12.3 Å². The Hall–Kier alpha value is -1.20. The van der Waals surface area contributed by atoms with Gasteiger partial charge in [-0.05, 0) is 12.5 Å². The molecule has 0 saturated carbocycles. The molecule has 0 N–H and O–H groups in total. The van der Waals surface area contributed by atoms with Crippen LogP contribution >= 0.6 is 0 Å². The molecular formula is C12H19N3O2. The number of likely N-dealkylation sites (tertiary alicyclic amines) is 1. The maximum absolute atomic E-state index is 5.54. The minimum Gasteiger partial charge on any atom is -0.467 e. The van der Waals surface area contributed by atoms with Gasteiger partial charge in [-0.15, -0.1) is 0 Å². The third kappa shape index (κ3) is 2.56. The predicted octanol–water partition coefficient (Wildman–Crippen LogP) is 1.10. The Kier molecular flexibility index (Phi) is 3.59. The first-order chi connectivity index (χ1) is 8.21. The van der Waals surface area contributed by atoms with Crippen LogP contribution in [-0.4, -0.2) is 47.8 Å². The Morgan fingerprint density at radius 1 is 1.41 bits per heavy atom. The Morgan fingerprint density at radius 2 is 2.18 bits per heavy atom. The molecule has 0 amide bonds. The average Bonchev–Trinajstić information content (AvgIpc) is 2.33. The highest BCUT2D eigenvalue weighted by atomic mass is 16.5. The van der Waals surface area contributed by atoms with Crippen molar-refractivity contribution in [1.82, 2.24) is 14.9 Å². The zero-order chi connectivity index (χ0) is 12.3. The number of ether oxygens (including phenoxy) is 2. The lowest BCUT2D eigenvalue weighted by Crippen LogP contribution is -2.61. The lowest BCUT2D eigenvalue weighted by atomic mass is 9.91. The lowest BCUT2D eigenvalue weighted by molar-refractivity contribution is -0.129. The lowest BCUT2D eigenvalue weighted by Gasteiger charge is -2.48. The molecule has 1 aliphatic heterocycles. The van der Waals surface area contributed by atoms with Crippen LogP contribution in [0.4, 0.5) is 0 Å². The van der Waals surface area contributed by atoms with Crippen molar-refractivity contribution in [2.45, 2.75) is 25.5 Å². The summed E-state index contributed by atoms with van der Waals surface area (Å²) in [5, 5.41) is 0. The first kappa shape index (κ1) is 12.3. The molecule has 1 saturated heterocycles. The molecule has 2 heterocycles. The number of rotatable bonds is 5. The molecule has 1 aromatic heterocycles. The van der Waals surface area contributed by atoms with Crippen molar-refractivity contribution in [2.24, 2.45) is 0 Å². The quantitative estimate of drug-likeness (QED) is 0.767. The summed E-state index contributed by atoms with van der Waals surface area (Å²) in [7, 11) is 3.37. The van der Waals surface area contributed by atoms with Crippen LogP contribution in [-0.2, 0) is 11.3 Å². The molecule has 5 heteroatoms. The molecule has 0 bridgehead atoms. The molecular weight excluding hydrogens is 218 g/mol. The Labute approximate surface area is 102 Å². The predicted molar refractivity (Wildman–Crippen MR) is 63.9 cm³/mol. The Bertz CT molecular complexity index is 372. The molecule has 0 aromatic carbocycles. The third-order valence-corrected chi connectivity index (χ3v) is 3.36. The minimum absolute atomic E-state index is 0.0527. The zero-order valence-electron chi connectivity index (χ0n) is 10.6. The van der Waals surface area contributed by atoms with Crippen LogP contribution in [0.3, 0.4) is 0 Å². The molecule has 0 atom stereocenters. The van der Waals surface area contributed by atoms with E-state index in [2.05, 4.69) is 21.8 Å². The highest BCUT2D eigenvalue weighted by Gasteiger charge is 2.41. The van der Waals surface area contributed by atoms with E-state index in [0.717, 1.165) is 31.7 Å². The summed E-state index contributed by atoms with van der Waals surface area (Å²) in [5.74, 6) is 0. The van der Waals surface area contributed by atoms with Crippen molar-refractivity contribution in [2.75, 3.05) is 27.3 Å². The summed E-state index contributed by atoms with van der Waals surface area (Å²) in [4.78, 5) is 10.6. The molecule has 5 nitrogen and oxygen atoms in total. The number of nitrogens with zero attached hydrogens (tertiary/aromatic N) is 3. The van der Waals surface area contributed by atoms with Crippen LogP contribution in [0, 0.1) is 0 Å². The largest absolute Gasteiger partial charge is 0.467 e. The fraction of sp³-hybridized carbons (Fsp3) is 0.667. The van der Waals surface area contributed by atoms with E-state index in [1.54, 1.807) is 20.4 Å². The highest BCUT2D eigenvalue weighted by molar-refractivity contribution is 5.07. The third-order valence-electron chi connectivity index (χ3n) is 3.36. The van der Waals surface area contributed by atoms with Crippen LogP contribution in [0.5, 0.6) is 6.01 Å². The van der Waals surface area contributed by atoms with Crippen molar-refractivity contribution >= 4 is 0 Å². The second-order valence-corrected chi connectivity index (χ2v) is 4.42. The van der Waals surface area contributed by atoms with Gasteiger partial charge in [-0.3, -0.25) is 4.90 Å². The van der Waals surface area contributed by atoms with Crippen LogP contribution in [0.1, 0.15) is 19.0 Å². The SMILES string of the molecule is CCC1(OC)CN(Cc2ccnc(OC)n2)C1. The summed E-state index contributed by atoms with van der Waals surface area (Å²) in [6.07, 6.45) is 2.78. The first-order valence-corrected chi connectivity index (χ1v) is 5.85. The molecule has 0 spiro atoms. The topological polar surface area (TPSA) is 47.5 Å². The van der Waals surface area contributed by atoms with E-state index in [-0.39, 0.29) is 5.60 Å². The van der Waals surface area contributed by atoms with Crippen molar-refractivity contribution in [1.29, 1.82) is 0 Å². The van der Waals surface area contributed by atoms with Gasteiger partial charge in [0.05, 0.1) is 18.4 Å². The van der Waals surface area contributed by atoms with E-state index in [9.17, 15) is 0 Å². The number of methoxy groups -OCH3 is 2. The zero-order valence-corrected chi connectivity index (χ0v) is 10.6. The molecule has 0 aliphatic carbocycles. The van der Waals surface area contributed by atoms with E-state index in [4.69, 9.17) is 9.47 Å². The van der Waals surface area contributed by atoms with E-state index in [1.165, 1.54) is 0 Å². The van der Waals surface area contributed by atoms with Gasteiger partial charge < -0.3 is 9.47 Å². The summed E-state index contributed by atoms with van der Waals surface area (Å²) in [6, 6.07) is 2.35. The molecule has 1 aromatic rings. The summed E-state index contributed by atoms with van der Waals surface area (Å²) in [6.45, 7) is 4.91. The monoisotopic (exact) mass is 237 g/mol. The van der Waals surface area contributed by atoms with Crippen LogP contribution in [0.2, 0.25) is 0 Å². The molecule has 0 unspecified atom stereocenters. The van der Waals surface area contributed by atoms with Crippen LogP contribution < -0.4 is 4.74 Å². The minimum atomic E-state index is 0.0527. The maximum Gasteiger partial charge on any atom is 0.316 e. The first-order valence-electron chi connectivity index (χ1n) is 5.85. The summed E-state index contributed by atoms with van der Waals surface area (Å²) in [5.41, 5.74) is 1.04. The van der Waals surface area contributed by atoms with Gasteiger partial charge in [0.1, 0.15) is 0 Å². The maximum atomic E-state index is 5.54. The molecule has 94 valence electrons. The van der Waals surface area contributed by atoms with E-state index in [1.807, 2.05) is 6.07 Å². The standard InChI is InChI=1S/C12H19N3O2/c1-4-12(17-3)8-15(9-12)7-10-5-6-13-11(14-10)16-2/h5-6H,4,7-9H2,1-3H3. The van der Waals surface area contributed by atoms with Gasteiger partial charge in [0, 0.05) is 32.9 Å². The van der Waals surface area contributed by atoms with Gasteiger partial charge in [-0.1, -0.05) is 6.92 Å². The fourth-order valence-electron chi connectivity index (χ4n) is 2.17. The fourth-order valence-corrected chi connectivity index (χ4v) is 2.17. The van der Waals surface area contributed by atoms with Crippen molar-refractivity contribution in [3.63, 3.8) is 0 Å².